The van der Waals surface area contributed by atoms with E-state index in [-0.39, 0.29) is 18.5 Å². The molecule has 0 fully saturated rings. The van der Waals surface area contributed by atoms with Crippen LogP contribution in [0, 0.1) is 0 Å². The molecule has 1 unspecified atom stereocenters. The third kappa shape index (κ3) is 7.90. The molecule has 1 aromatic carbocycles. The molecule has 1 aromatic rings. The molecule has 1 rings (SSSR count). The second-order valence-corrected chi connectivity index (χ2v) is 6.70. The zero-order valence-corrected chi connectivity index (χ0v) is 18.0. The molecule has 0 aliphatic heterocycles. The third-order valence-electron chi connectivity index (χ3n) is 3.85. The SMILES string of the molecule is C=C(C)CNC(=NCC(=O)N(C)C)NC(C)c1ccc(OCC)c(OCC)c1. The first-order valence-electron chi connectivity index (χ1n) is 9.57. The van der Waals surface area contributed by atoms with Crippen molar-refractivity contribution in [3.63, 3.8) is 0 Å². The van der Waals surface area contributed by atoms with Gasteiger partial charge in [-0.25, -0.2) is 4.99 Å². The second-order valence-electron chi connectivity index (χ2n) is 6.70. The van der Waals surface area contributed by atoms with E-state index in [1.165, 1.54) is 4.90 Å². The summed E-state index contributed by atoms with van der Waals surface area (Å²) in [5.74, 6) is 1.93. The van der Waals surface area contributed by atoms with E-state index in [4.69, 9.17) is 9.47 Å². The Kier molecular flexibility index (Phi) is 9.92. The van der Waals surface area contributed by atoms with Gasteiger partial charge in [0.2, 0.25) is 5.91 Å². The number of benzene rings is 1. The summed E-state index contributed by atoms with van der Waals surface area (Å²) in [6.45, 7) is 13.5. The Labute approximate surface area is 168 Å². The number of aliphatic imine (C=N–C) groups is 1. The minimum Gasteiger partial charge on any atom is -0.490 e. The Morgan fingerprint density at radius 1 is 1.21 bits per heavy atom. The molecule has 0 heterocycles. The number of hydrogen-bond acceptors (Lipinski definition) is 4. The minimum atomic E-state index is -0.0659. The van der Waals surface area contributed by atoms with E-state index in [1.807, 2.05) is 45.9 Å². The summed E-state index contributed by atoms with van der Waals surface area (Å²) >= 11 is 0. The molecule has 28 heavy (non-hydrogen) atoms. The summed E-state index contributed by atoms with van der Waals surface area (Å²) in [7, 11) is 3.42. The van der Waals surface area contributed by atoms with Crippen LogP contribution in [0.25, 0.3) is 0 Å². The lowest BCUT2D eigenvalue weighted by Gasteiger charge is -2.20. The second kappa shape index (κ2) is 11.9. The van der Waals surface area contributed by atoms with E-state index in [2.05, 4.69) is 22.2 Å². The molecule has 2 N–H and O–H groups in total. The molecule has 156 valence electrons. The fourth-order valence-electron chi connectivity index (χ4n) is 2.30. The first-order valence-corrected chi connectivity index (χ1v) is 9.57. The van der Waals surface area contributed by atoms with Crippen molar-refractivity contribution in [3.05, 3.63) is 35.9 Å². The van der Waals surface area contributed by atoms with Crippen molar-refractivity contribution in [2.24, 2.45) is 4.99 Å². The average Bonchev–Trinajstić information content (AvgIpc) is 2.65. The van der Waals surface area contributed by atoms with Gasteiger partial charge in [-0.15, -0.1) is 0 Å². The number of carbonyl (C=O) groups excluding carboxylic acids is 1. The molecule has 0 saturated carbocycles. The number of nitrogens with zero attached hydrogens (tertiary/aromatic N) is 2. The Morgan fingerprint density at radius 2 is 1.86 bits per heavy atom. The van der Waals surface area contributed by atoms with Gasteiger partial charge in [-0.1, -0.05) is 18.2 Å². The minimum absolute atomic E-state index is 0.0549. The molecular formula is C21H34N4O3. The van der Waals surface area contributed by atoms with Gasteiger partial charge in [-0.3, -0.25) is 4.79 Å². The Bertz CT molecular complexity index is 686. The zero-order valence-electron chi connectivity index (χ0n) is 18.0. The van der Waals surface area contributed by atoms with Crippen LogP contribution in [0.1, 0.15) is 39.3 Å². The van der Waals surface area contributed by atoms with Crippen LogP contribution in [0.3, 0.4) is 0 Å². The molecule has 7 heteroatoms. The molecule has 0 spiro atoms. The van der Waals surface area contributed by atoms with Crippen LogP contribution in [0.2, 0.25) is 0 Å². The highest BCUT2D eigenvalue weighted by molar-refractivity contribution is 5.85. The number of nitrogens with one attached hydrogen (secondary N) is 2. The standard InChI is InChI=1S/C21H34N4O3/c1-8-27-18-11-10-17(12-19(18)28-9-2)16(5)24-21(22-13-15(3)4)23-14-20(26)25(6)7/h10-12,16H,3,8-9,13-14H2,1-2,4-7H3,(H2,22,23,24). The van der Waals surface area contributed by atoms with Crippen molar-refractivity contribution in [2.45, 2.75) is 33.7 Å². The van der Waals surface area contributed by atoms with E-state index in [0.717, 1.165) is 16.9 Å². The van der Waals surface area contributed by atoms with Crippen molar-refractivity contribution in [3.8, 4) is 11.5 Å². The van der Waals surface area contributed by atoms with E-state index < -0.39 is 0 Å². The van der Waals surface area contributed by atoms with Crippen LogP contribution in [-0.2, 0) is 4.79 Å². The van der Waals surface area contributed by atoms with Crippen LogP contribution in [-0.4, -0.2) is 57.2 Å². The van der Waals surface area contributed by atoms with Crippen molar-refractivity contribution < 1.29 is 14.3 Å². The van der Waals surface area contributed by atoms with Crippen molar-refractivity contribution >= 4 is 11.9 Å². The van der Waals surface area contributed by atoms with Crippen molar-refractivity contribution in [1.82, 2.24) is 15.5 Å². The lowest BCUT2D eigenvalue weighted by Crippen LogP contribution is -2.40. The monoisotopic (exact) mass is 390 g/mol. The topological polar surface area (TPSA) is 75.2 Å². The highest BCUT2D eigenvalue weighted by Gasteiger charge is 2.13. The van der Waals surface area contributed by atoms with Crippen LogP contribution in [0.5, 0.6) is 11.5 Å². The van der Waals surface area contributed by atoms with E-state index in [9.17, 15) is 4.79 Å². The molecule has 0 aliphatic rings. The maximum atomic E-state index is 11.9. The molecule has 0 aromatic heterocycles. The first kappa shape index (κ1) is 23.3. The van der Waals surface area contributed by atoms with E-state index in [1.54, 1.807) is 14.1 Å². The Hall–Kier alpha value is -2.70. The van der Waals surface area contributed by atoms with Gasteiger partial charge < -0.3 is 25.0 Å². The van der Waals surface area contributed by atoms with Gasteiger partial charge in [0.25, 0.3) is 0 Å². The van der Waals surface area contributed by atoms with Gasteiger partial charge in [-0.2, -0.15) is 0 Å². The largest absolute Gasteiger partial charge is 0.490 e. The number of likely N-dealkylation sites (N-methyl/N-ethyl adjacent to an activating group) is 1. The normalized spacial score (nSPS) is 12.1. The number of amides is 1. The van der Waals surface area contributed by atoms with Crippen LogP contribution in [0.4, 0.5) is 0 Å². The third-order valence-corrected chi connectivity index (χ3v) is 3.85. The molecular weight excluding hydrogens is 356 g/mol. The van der Waals surface area contributed by atoms with Crippen molar-refractivity contribution in [1.29, 1.82) is 0 Å². The molecule has 7 nitrogen and oxygen atoms in total. The highest BCUT2D eigenvalue weighted by atomic mass is 16.5. The maximum absolute atomic E-state index is 11.9. The lowest BCUT2D eigenvalue weighted by atomic mass is 10.1. The fraction of sp³-hybridized carbons (Fsp3) is 0.524. The summed E-state index contributed by atoms with van der Waals surface area (Å²) in [5.41, 5.74) is 2.00. The smallest absolute Gasteiger partial charge is 0.243 e. The molecule has 0 saturated heterocycles. The summed E-state index contributed by atoms with van der Waals surface area (Å²) in [5, 5.41) is 6.53. The van der Waals surface area contributed by atoms with E-state index in [0.29, 0.717) is 31.5 Å². The first-order chi connectivity index (χ1) is 13.3. The van der Waals surface area contributed by atoms with E-state index >= 15 is 0 Å². The maximum Gasteiger partial charge on any atom is 0.243 e. The lowest BCUT2D eigenvalue weighted by molar-refractivity contribution is -0.127. The number of carbonyl (C=O) groups is 1. The molecule has 0 aliphatic carbocycles. The number of ether oxygens (including phenoxy) is 2. The zero-order chi connectivity index (χ0) is 21.1. The fourth-order valence-corrected chi connectivity index (χ4v) is 2.30. The number of guanidine groups is 1. The van der Waals surface area contributed by atoms with Gasteiger partial charge in [0.15, 0.2) is 17.5 Å². The Morgan fingerprint density at radius 3 is 2.43 bits per heavy atom. The van der Waals surface area contributed by atoms with Crippen LogP contribution >= 0.6 is 0 Å². The average molecular weight is 391 g/mol. The Balaban J connectivity index is 2.97. The summed E-state index contributed by atoms with van der Waals surface area (Å²) < 4.78 is 11.3. The predicted octanol–water partition coefficient (Wildman–Crippen LogP) is 2.74. The molecule has 0 radical (unpaired) electrons. The predicted molar refractivity (Wildman–Crippen MR) is 114 cm³/mol. The van der Waals surface area contributed by atoms with Crippen LogP contribution < -0.4 is 20.1 Å². The summed E-state index contributed by atoms with van der Waals surface area (Å²) in [4.78, 5) is 17.8. The summed E-state index contributed by atoms with van der Waals surface area (Å²) in [6.07, 6.45) is 0. The van der Waals surface area contributed by atoms with Crippen molar-refractivity contribution in [2.75, 3.05) is 40.4 Å². The van der Waals surface area contributed by atoms with Gasteiger partial charge in [0.1, 0.15) is 6.54 Å². The van der Waals surface area contributed by atoms with Crippen LogP contribution in [0.15, 0.2) is 35.3 Å². The number of rotatable bonds is 10. The highest BCUT2D eigenvalue weighted by Crippen LogP contribution is 2.30. The molecule has 1 amide bonds. The molecule has 1 atom stereocenters. The molecule has 0 bridgehead atoms. The van der Waals surface area contributed by atoms with Gasteiger partial charge in [0, 0.05) is 20.6 Å². The number of hydrogen-bond donors (Lipinski definition) is 2. The summed E-state index contributed by atoms with van der Waals surface area (Å²) in [6, 6.07) is 5.82. The van der Waals surface area contributed by atoms with Gasteiger partial charge >= 0.3 is 0 Å². The van der Waals surface area contributed by atoms with Gasteiger partial charge in [0.05, 0.1) is 19.3 Å². The van der Waals surface area contributed by atoms with Gasteiger partial charge in [-0.05, 0) is 45.4 Å². The quantitative estimate of drug-likeness (QED) is 0.365.